The van der Waals surface area contributed by atoms with Crippen molar-refractivity contribution in [2.45, 2.75) is 50.0 Å². The number of rotatable bonds is 6. The highest BCUT2D eigenvalue weighted by Crippen LogP contribution is 2.36. The second-order valence-electron chi connectivity index (χ2n) is 9.59. The molecule has 0 spiro atoms. The van der Waals surface area contributed by atoms with Gasteiger partial charge in [0.05, 0.1) is 39.5 Å². The Morgan fingerprint density at radius 2 is 2.00 bits per heavy atom. The lowest BCUT2D eigenvalue weighted by Gasteiger charge is -2.26. The van der Waals surface area contributed by atoms with E-state index in [-0.39, 0.29) is 5.91 Å². The predicted octanol–water partition coefficient (Wildman–Crippen LogP) is 4.93. The zero-order valence-electron chi connectivity index (χ0n) is 19.7. The molecule has 0 saturated heterocycles. The van der Waals surface area contributed by atoms with Crippen molar-refractivity contribution in [1.29, 1.82) is 0 Å². The van der Waals surface area contributed by atoms with E-state index in [0.717, 1.165) is 57.2 Å². The molecule has 4 aromatic rings. The van der Waals surface area contributed by atoms with Gasteiger partial charge >= 0.3 is 0 Å². The molecule has 1 saturated carbocycles. The maximum atomic E-state index is 13.1. The highest BCUT2D eigenvalue weighted by Gasteiger charge is 2.27. The Hall–Kier alpha value is -2.78. The first-order valence-electron chi connectivity index (χ1n) is 12.2. The van der Waals surface area contributed by atoms with Crippen LogP contribution in [0.25, 0.3) is 10.2 Å². The molecule has 35 heavy (non-hydrogen) atoms. The lowest BCUT2D eigenvalue weighted by molar-refractivity contribution is 0.0732. The van der Waals surface area contributed by atoms with Crippen LogP contribution < -0.4 is 0 Å². The number of carbonyl (C=O) groups is 1. The molecule has 3 aromatic heterocycles. The van der Waals surface area contributed by atoms with Crippen LogP contribution in [0.15, 0.2) is 41.8 Å². The van der Waals surface area contributed by atoms with Gasteiger partial charge in [-0.15, -0.1) is 23.1 Å². The second kappa shape index (κ2) is 9.70. The largest absolute Gasteiger partial charge is 0.347 e. The highest BCUT2D eigenvalue weighted by atomic mass is 32.2. The van der Waals surface area contributed by atoms with Gasteiger partial charge in [-0.25, -0.2) is 19.9 Å². The first kappa shape index (κ1) is 22.7. The maximum Gasteiger partial charge on any atom is 0.254 e. The van der Waals surface area contributed by atoms with Gasteiger partial charge in [0, 0.05) is 48.7 Å². The van der Waals surface area contributed by atoms with E-state index in [4.69, 9.17) is 4.98 Å². The van der Waals surface area contributed by atoms with Gasteiger partial charge in [0.1, 0.15) is 5.82 Å². The summed E-state index contributed by atoms with van der Waals surface area (Å²) >= 11 is 3.41. The molecule has 1 aliphatic heterocycles. The Balaban J connectivity index is 1.09. The summed E-state index contributed by atoms with van der Waals surface area (Å²) in [6, 6.07) is 5.94. The maximum absolute atomic E-state index is 13.1. The fourth-order valence-corrected chi connectivity index (χ4v) is 6.81. The molecule has 1 aromatic carbocycles. The number of nitrogens with one attached hydrogen (secondary N) is 1. The van der Waals surface area contributed by atoms with Crippen LogP contribution in [0.3, 0.4) is 0 Å². The molecule has 1 amide bonds. The number of nitrogens with zero attached hydrogens (tertiary/aromatic N) is 5. The molecular formula is C26H28N6OS2. The zero-order chi connectivity index (χ0) is 23.8. The van der Waals surface area contributed by atoms with Crippen LogP contribution >= 0.6 is 23.1 Å². The van der Waals surface area contributed by atoms with Gasteiger partial charge in [-0.05, 0) is 55.6 Å². The summed E-state index contributed by atoms with van der Waals surface area (Å²) in [6.45, 7) is 1.30. The molecule has 2 aliphatic rings. The molecule has 0 bridgehead atoms. The van der Waals surface area contributed by atoms with Crippen LogP contribution in [0.4, 0.5) is 0 Å². The minimum absolute atomic E-state index is 0.0773. The molecule has 9 heteroatoms. The monoisotopic (exact) mass is 504 g/mol. The average molecular weight is 505 g/mol. The Morgan fingerprint density at radius 3 is 2.83 bits per heavy atom. The quantitative estimate of drug-likeness (QED) is 0.375. The van der Waals surface area contributed by atoms with Crippen molar-refractivity contribution >= 4 is 39.2 Å². The Morgan fingerprint density at radius 1 is 1.17 bits per heavy atom. The second-order valence-corrected chi connectivity index (χ2v) is 11.6. The van der Waals surface area contributed by atoms with E-state index in [0.29, 0.717) is 24.9 Å². The predicted molar refractivity (Wildman–Crippen MR) is 139 cm³/mol. The summed E-state index contributed by atoms with van der Waals surface area (Å²) < 4.78 is 1.10. The number of amides is 1. The minimum atomic E-state index is 0.0773. The molecule has 0 radical (unpaired) electrons. The van der Waals surface area contributed by atoms with Crippen LogP contribution in [-0.2, 0) is 25.8 Å². The Bertz CT molecular complexity index is 1350. The lowest BCUT2D eigenvalue weighted by Crippen LogP contribution is -2.36. The van der Waals surface area contributed by atoms with E-state index < -0.39 is 0 Å². The number of aromatic nitrogens is 5. The normalized spacial score (nSPS) is 19.9. The number of benzene rings is 1. The number of hydrogen-bond donors (Lipinski definition) is 1. The van der Waals surface area contributed by atoms with Crippen molar-refractivity contribution in [1.82, 2.24) is 29.8 Å². The van der Waals surface area contributed by atoms with Crippen LogP contribution in [0, 0.1) is 11.8 Å². The summed E-state index contributed by atoms with van der Waals surface area (Å²) in [7, 11) is 0. The summed E-state index contributed by atoms with van der Waals surface area (Å²) in [5.41, 5.74) is 3.85. The number of thioether (sulfide) groups is 1. The third-order valence-corrected chi connectivity index (χ3v) is 8.97. The highest BCUT2D eigenvalue weighted by molar-refractivity contribution is 7.98. The fourth-order valence-electron chi connectivity index (χ4n) is 5.37. The van der Waals surface area contributed by atoms with Crippen molar-refractivity contribution in [2.75, 3.05) is 12.8 Å². The minimum Gasteiger partial charge on any atom is -0.347 e. The first-order valence-corrected chi connectivity index (χ1v) is 14.2. The number of carbonyl (C=O) groups excluding carboxylic acids is 1. The Kier molecular flexibility index (Phi) is 6.28. The number of aromatic amines is 1. The van der Waals surface area contributed by atoms with E-state index >= 15 is 0 Å². The van der Waals surface area contributed by atoms with E-state index in [1.165, 1.54) is 24.3 Å². The smallest absolute Gasteiger partial charge is 0.254 e. The van der Waals surface area contributed by atoms with E-state index in [9.17, 15) is 4.79 Å². The van der Waals surface area contributed by atoms with Crippen LogP contribution in [0.5, 0.6) is 0 Å². The summed E-state index contributed by atoms with van der Waals surface area (Å²) in [5, 5.41) is 1.18. The number of imidazole rings is 1. The average Bonchev–Trinajstić information content (AvgIpc) is 3.62. The van der Waals surface area contributed by atoms with Crippen molar-refractivity contribution in [3.63, 3.8) is 0 Å². The number of fused-ring (bicyclic) bond motifs is 2. The third-order valence-electron chi connectivity index (χ3n) is 7.24. The summed E-state index contributed by atoms with van der Waals surface area (Å²) in [5.74, 6) is 2.35. The van der Waals surface area contributed by atoms with Crippen LogP contribution in [-0.4, -0.2) is 48.5 Å². The SMILES string of the molecule is CSc1cnc(C[C@H]2CC[C@H](Cc3nc4ccc(C(=O)N5CCc6nc[nH]c6C5)cc4s3)C2)nc1. The topological polar surface area (TPSA) is 87.7 Å². The van der Waals surface area contributed by atoms with E-state index in [1.807, 2.05) is 41.7 Å². The molecule has 4 heterocycles. The zero-order valence-corrected chi connectivity index (χ0v) is 21.4. The Labute approximate surface area is 212 Å². The third kappa shape index (κ3) is 4.84. The summed E-state index contributed by atoms with van der Waals surface area (Å²) in [6.07, 6.45) is 14.1. The van der Waals surface area contributed by atoms with Gasteiger partial charge in [-0.2, -0.15) is 0 Å². The number of hydrogen-bond acceptors (Lipinski definition) is 7. The first-order chi connectivity index (χ1) is 17.1. The molecule has 7 nitrogen and oxygen atoms in total. The van der Waals surface area contributed by atoms with Crippen molar-refractivity contribution in [3.05, 3.63) is 64.7 Å². The van der Waals surface area contributed by atoms with Gasteiger partial charge in [0.15, 0.2) is 0 Å². The van der Waals surface area contributed by atoms with E-state index in [1.54, 1.807) is 29.4 Å². The van der Waals surface area contributed by atoms with Gasteiger partial charge < -0.3 is 9.88 Å². The lowest BCUT2D eigenvalue weighted by atomic mass is 9.99. The molecular weight excluding hydrogens is 476 g/mol. The summed E-state index contributed by atoms with van der Waals surface area (Å²) in [4.78, 5) is 37.6. The van der Waals surface area contributed by atoms with E-state index in [2.05, 4.69) is 19.9 Å². The van der Waals surface area contributed by atoms with Gasteiger partial charge in [0.2, 0.25) is 0 Å². The van der Waals surface area contributed by atoms with Crippen molar-refractivity contribution in [2.24, 2.45) is 11.8 Å². The number of thiazole rings is 1. The van der Waals surface area contributed by atoms with Gasteiger partial charge in [0.25, 0.3) is 5.91 Å². The molecule has 2 atom stereocenters. The van der Waals surface area contributed by atoms with Crippen LogP contribution in [0.2, 0.25) is 0 Å². The van der Waals surface area contributed by atoms with Crippen LogP contribution in [0.1, 0.15) is 51.8 Å². The molecule has 0 unspecified atom stereocenters. The molecule has 180 valence electrons. The molecule has 1 fully saturated rings. The number of H-pyrrole nitrogens is 1. The fraction of sp³-hybridized carbons (Fsp3) is 0.423. The van der Waals surface area contributed by atoms with Crippen molar-refractivity contribution < 1.29 is 4.79 Å². The molecule has 6 rings (SSSR count). The van der Waals surface area contributed by atoms with Gasteiger partial charge in [-0.3, -0.25) is 4.79 Å². The molecule has 1 N–H and O–H groups in total. The van der Waals surface area contributed by atoms with Gasteiger partial charge in [-0.1, -0.05) is 0 Å². The van der Waals surface area contributed by atoms with Crippen molar-refractivity contribution in [3.8, 4) is 0 Å². The standard InChI is InChI=1S/C26H28N6OS2/c1-34-19-12-27-24(28-13-19)9-16-2-3-17(8-16)10-25-31-21-5-4-18(11-23(21)35-25)26(33)32-7-6-20-22(14-32)30-15-29-20/h4-5,11-13,15-17H,2-3,6-10,14H2,1H3,(H,29,30)/t16-,17-/m0/s1. The molecule has 1 aliphatic carbocycles.